The van der Waals surface area contributed by atoms with Crippen LogP contribution in [0, 0.1) is 6.92 Å². The summed E-state index contributed by atoms with van der Waals surface area (Å²) in [5, 5.41) is 7.11. The van der Waals surface area contributed by atoms with E-state index in [2.05, 4.69) is 125 Å². The molecule has 0 spiro atoms. The lowest BCUT2D eigenvalue weighted by Gasteiger charge is -2.20. The highest BCUT2D eigenvalue weighted by molar-refractivity contribution is 6.17. The number of rotatable bonds is 2. The summed E-state index contributed by atoms with van der Waals surface area (Å²) in [7, 11) is 0. The highest BCUT2D eigenvalue weighted by atomic mass is 16.3. The number of para-hydroxylation sites is 1. The molecule has 5 aromatic carbocycles. The SMILES string of the molecule is Cc1cc2cc(C(C)(C)C)ccc2cc1-c1ccnc(-c2cccc3c2oc2c4ccccc4ccc32)c1. The maximum atomic E-state index is 6.58. The summed E-state index contributed by atoms with van der Waals surface area (Å²) in [5.41, 5.74) is 8.88. The van der Waals surface area contributed by atoms with Crippen LogP contribution in [-0.2, 0) is 5.41 Å². The highest BCUT2D eigenvalue weighted by Crippen LogP contribution is 2.39. The number of hydrogen-bond acceptors (Lipinski definition) is 2. The molecule has 0 saturated carbocycles. The van der Waals surface area contributed by atoms with Crippen molar-refractivity contribution in [3.63, 3.8) is 0 Å². The molecule has 0 aliphatic carbocycles. The molecule has 2 heterocycles. The summed E-state index contributed by atoms with van der Waals surface area (Å²) in [6.45, 7) is 8.99. The van der Waals surface area contributed by atoms with E-state index >= 15 is 0 Å². The number of fused-ring (bicyclic) bond motifs is 6. The molecule has 0 N–H and O–H groups in total. The Morgan fingerprint density at radius 2 is 1.39 bits per heavy atom. The van der Waals surface area contributed by atoms with Crippen LogP contribution < -0.4 is 0 Å². The fraction of sp³-hybridized carbons (Fsp3) is 0.139. The van der Waals surface area contributed by atoms with Gasteiger partial charge in [-0.3, -0.25) is 4.98 Å². The van der Waals surface area contributed by atoms with Crippen molar-refractivity contribution in [3.05, 3.63) is 114 Å². The van der Waals surface area contributed by atoms with Gasteiger partial charge in [0.1, 0.15) is 11.2 Å². The van der Waals surface area contributed by atoms with E-state index in [1.807, 2.05) is 6.20 Å². The Balaban J connectivity index is 1.38. The molecule has 0 aliphatic heterocycles. The van der Waals surface area contributed by atoms with E-state index < -0.39 is 0 Å². The second-order valence-corrected chi connectivity index (χ2v) is 11.4. The predicted octanol–water partition coefficient (Wildman–Crippen LogP) is 10.2. The van der Waals surface area contributed by atoms with Crippen molar-refractivity contribution >= 4 is 43.5 Å². The average molecular weight is 492 g/mol. The molecule has 0 unspecified atom stereocenters. The van der Waals surface area contributed by atoms with Gasteiger partial charge in [-0.25, -0.2) is 0 Å². The second kappa shape index (κ2) is 8.29. The number of furan rings is 1. The van der Waals surface area contributed by atoms with Gasteiger partial charge in [0.25, 0.3) is 0 Å². The van der Waals surface area contributed by atoms with Crippen LogP contribution in [0.3, 0.4) is 0 Å². The molecule has 2 nitrogen and oxygen atoms in total. The zero-order valence-corrected chi connectivity index (χ0v) is 22.2. The highest BCUT2D eigenvalue weighted by Gasteiger charge is 2.17. The molecule has 0 amide bonds. The Bertz CT molecular complexity index is 2020. The van der Waals surface area contributed by atoms with E-state index in [4.69, 9.17) is 9.40 Å². The molecular weight excluding hydrogens is 462 g/mol. The first-order valence-electron chi connectivity index (χ1n) is 13.2. The number of hydrogen-bond donors (Lipinski definition) is 0. The van der Waals surface area contributed by atoms with Crippen molar-refractivity contribution in [2.24, 2.45) is 0 Å². The lowest BCUT2D eigenvalue weighted by molar-refractivity contribution is 0.591. The minimum Gasteiger partial charge on any atom is -0.455 e. The number of aromatic nitrogens is 1. The first-order valence-corrected chi connectivity index (χ1v) is 13.2. The first kappa shape index (κ1) is 22.7. The van der Waals surface area contributed by atoms with Crippen molar-refractivity contribution < 1.29 is 4.42 Å². The van der Waals surface area contributed by atoms with Gasteiger partial charge in [0.05, 0.1) is 5.69 Å². The molecule has 0 bridgehead atoms. The van der Waals surface area contributed by atoms with Crippen LogP contribution >= 0.6 is 0 Å². The molecule has 38 heavy (non-hydrogen) atoms. The van der Waals surface area contributed by atoms with E-state index in [1.54, 1.807) is 0 Å². The Morgan fingerprint density at radius 1 is 0.605 bits per heavy atom. The molecule has 0 radical (unpaired) electrons. The summed E-state index contributed by atoms with van der Waals surface area (Å²) in [5.74, 6) is 0. The van der Waals surface area contributed by atoms with Gasteiger partial charge in [0.15, 0.2) is 0 Å². The maximum Gasteiger partial charge on any atom is 0.144 e. The fourth-order valence-corrected chi connectivity index (χ4v) is 5.66. The number of pyridine rings is 1. The zero-order chi connectivity index (χ0) is 26.0. The van der Waals surface area contributed by atoms with E-state index in [0.29, 0.717) is 0 Å². The Morgan fingerprint density at radius 3 is 2.26 bits per heavy atom. The minimum atomic E-state index is 0.130. The number of benzene rings is 5. The third-order valence-corrected chi connectivity index (χ3v) is 7.79. The van der Waals surface area contributed by atoms with Gasteiger partial charge in [-0.05, 0) is 81.1 Å². The van der Waals surface area contributed by atoms with Crippen LogP contribution in [0.1, 0.15) is 31.9 Å². The molecule has 2 aromatic heterocycles. The largest absolute Gasteiger partial charge is 0.455 e. The zero-order valence-electron chi connectivity index (χ0n) is 22.2. The van der Waals surface area contributed by atoms with Gasteiger partial charge in [0, 0.05) is 27.9 Å². The van der Waals surface area contributed by atoms with Crippen LogP contribution in [0.5, 0.6) is 0 Å². The van der Waals surface area contributed by atoms with Gasteiger partial charge in [-0.2, -0.15) is 0 Å². The predicted molar refractivity (Wildman–Crippen MR) is 161 cm³/mol. The van der Waals surface area contributed by atoms with Gasteiger partial charge in [-0.1, -0.05) is 87.5 Å². The first-order chi connectivity index (χ1) is 18.4. The van der Waals surface area contributed by atoms with E-state index in [-0.39, 0.29) is 5.41 Å². The summed E-state index contributed by atoms with van der Waals surface area (Å²) < 4.78 is 6.58. The van der Waals surface area contributed by atoms with Crippen LogP contribution in [0.15, 0.2) is 108 Å². The van der Waals surface area contributed by atoms with Gasteiger partial charge < -0.3 is 4.42 Å². The van der Waals surface area contributed by atoms with E-state index in [9.17, 15) is 0 Å². The van der Waals surface area contributed by atoms with E-state index in [1.165, 1.54) is 32.8 Å². The molecule has 184 valence electrons. The number of aryl methyl sites for hydroxylation is 1. The third-order valence-electron chi connectivity index (χ3n) is 7.79. The van der Waals surface area contributed by atoms with Gasteiger partial charge in [0.2, 0.25) is 0 Å². The summed E-state index contributed by atoms with van der Waals surface area (Å²) in [6.07, 6.45) is 1.91. The Kier molecular flexibility index (Phi) is 4.96. The monoisotopic (exact) mass is 491 g/mol. The molecule has 0 aliphatic rings. The molecule has 2 heteroatoms. The van der Waals surface area contributed by atoms with Crippen LogP contribution in [0.2, 0.25) is 0 Å². The molecule has 0 saturated heterocycles. The lowest BCUT2D eigenvalue weighted by Crippen LogP contribution is -2.10. The van der Waals surface area contributed by atoms with Crippen LogP contribution in [0.4, 0.5) is 0 Å². The molecule has 7 aromatic rings. The third kappa shape index (κ3) is 3.60. The van der Waals surface area contributed by atoms with Crippen molar-refractivity contribution in [3.8, 4) is 22.4 Å². The fourth-order valence-electron chi connectivity index (χ4n) is 5.66. The molecular formula is C36H29NO. The smallest absolute Gasteiger partial charge is 0.144 e. The quantitative estimate of drug-likeness (QED) is 0.240. The Labute approximate surface area is 222 Å². The van der Waals surface area contributed by atoms with Crippen molar-refractivity contribution in [1.29, 1.82) is 0 Å². The standard InChI is InChI=1S/C36H29NO/c1-22-18-26-19-27(36(2,3)4)14-12-24(26)20-32(22)25-16-17-37-33(21-25)31-11-7-10-29-30-15-13-23-8-5-6-9-28(23)34(30)38-35(29)31/h5-21H,1-4H3. The minimum absolute atomic E-state index is 0.130. The van der Waals surface area contributed by atoms with Gasteiger partial charge in [-0.15, -0.1) is 0 Å². The van der Waals surface area contributed by atoms with E-state index in [0.717, 1.165) is 44.1 Å². The molecule has 0 atom stereocenters. The van der Waals surface area contributed by atoms with Crippen molar-refractivity contribution in [2.45, 2.75) is 33.1 Å². The average Bonchev–Trinajstić information content (AvgIpc) is 3.31. The number of nitrogens with zero attached hydrogens (tertiary/aromatic N) is 1. The molecule has 0 fully saturated rings. The van der Waals surface area contributed by atoms with Crippen molar-refractivity contribution in [1.82, 2.24) is 4.98 Å². The summed E-state index contributed by atoms with van der Waals surface area (Å²) in [6, 6.07) is 34.8. The Hall–Kier alpha value is -4.43. The second-order valence-electron chi connectivity index (χ2n) is 11.4. The topological polar surface area (TPSA) is 26.0 Å². The summed E-state index contributed by atoms with van der Waals surface area (Å²) >= 11 is 0. The molecule has 7 rings (SSSR count). The van der Waals surface area contributed by atoms with Crippen LogP contribution in [0.25, 0.3) is 65.9 Å². The lowest BCUT2D eigenvalue weighted by atomic mass is 9.85. The van der Waals surface area contributed by atoms with Crippen molar-refractivity contribution in [2.75, 3.05) is 0 Å². The van der Waals surface area contributed by atoms with Gasteiger partial charge >= 0.3 is 0 Å². The van der Waals surface area contributed by atoms with Crippen LogP contribution in [-0.4, -0.2) is 4.98 Å². The normalized spacial score (nSPS) is 12.2. The summed E-state index contributed by atoms with van der Waals surface area (Å²) in [4.78, 5) is 4.79. The maximum absolute atomic E-state index is 6.58.